The number of hydrogen-bond acceptors (Lipinski definition) is 2. The number of hydrogen-bond donors (Lipinski definition) is 1. The standard InChI is InChI=1S/C11H20O2/c1-8-6-9(2)11(12)4-5-13-10(11,3)7-8/h8-9,12H,4-7H2,1-3H3. The van der Waals surface area contributed by atoms with Crippen molar-refractivity contribution in [2.75, 3.05) is 6.61 Å². The molecule has 1 aliphatic heterocycles. The first-order valence-corrected chi connectivity index (χ1v) is 5.34. The fraction of sp³-hybridized carbons (Fsp3) is 1.00. The Morgan fingerprint density at radius 2 is 2.08 bits per heavy atom. The van der Waals surface area contributed by atoms with Gasteiger partial charge in [-0.15, -0.1) is 0 Å². The van der Waals surface area contributed by atoms with Gasteiger partial charge in [-0.2, -0.15) is 0 Å². The topological polar surface area (TPSA) is 29.5 Å². The average Bonchev–Trinajstić information content (AvgIpc) is 2.28. The molecule has 1 saturated heterocycles. The fourth-order valence-corrected chi connectivity index (χ4v) is 3.37. The minimum absolute atomic E-state index is 0.274. The maximum absolute atomic E-state index is 10.5. The zero-order valence-corrected chi connectivity index (χ0v) is 8.84. The van der Waals surface area contributed by atoms with E-state index in [1.165, 1.54) is 0 Å². The number of ether oxygens (including phenoxy) is 1. The van der Waals surface area contributed by atoms with Gasteiger partial charge >= 0.3 is 0 Å². The second-order valence-corrected chi connectivity index (χ2v) is 5.20. The molecule has 13 heavy (non-hydrogen) atoms. The van der Waals surface area contributed by atoms with Crippen molar-refractivity contribution < 1.29 is 9.84 Å². The highest BCUT2D eigenvalue weighted by molar-refractivity contribution is 5.08. The van der Waals surface area contributed by atoms with Gasteiger partial charge in [0, 0.05) is 6.42 Å². The summed E-state index contributed by atoms with van der Waals surface area (Å²) >= 11 is 0. The summed E-state index contributed by atoms with van der Waals surface area (Å²) in [6, 6.07) is 0. The lowest BCUT2D eigenvalue weighted by atomic mass is 9.63. The van der Waals surface area contributed by atoms with Crippen LogP contribution >= 0.6 is 0 Å². The summed E-state index contributed by atoms with van der Waals surface area (Å²) in [5.41, 5.74) is -0.830. The summed E-state index contributed by atoms with van der Waals surface area (Å²) in [6.07, 6.45) is 2.96. The van der Waals surface area contributed by atoms with E-state index < -0.39 is 5.60 Å². The molecule has 0 bridgehead atoms. The zero-order valence-electron chi connectivity index (χ0n) is 8.84. The summed E-state index contributed by atoms with van der Waals surface area (Å²) in [6.45, 7) is 7.21. The van der Waals surface area contributed by atoms with Crippen LogP contribution in [0.4, 0.5) is 0 Å². The summed E-state index contributed by atoms with van der Waals surface area (Å²) in [7, 11) is 0. The maximum Gasteiger partial charge on any atom is 0.0980 e. The molecule has 1 aliphatic carbocycles. The second kappa shape index (κ2) is 2.71. The smallest absolute Gasteiger partial charge is 0.0980 e. The summed E-state index contributed by atoms with van der Waals surface area (Å²) in [5.74, 6) is 1.06. The first-order valence-electron chi connectivity index (χ1n) is 5.34. The van der Waals surface area contributed by atoms with Gasteiger partial charge < -0.3 is 9.84 Å². The predicted octanol–water partition coefficient (Wildman–Crippen LogP) is 1.96. The molecule has 4 atom stereocenters. The molecule has 2 aliphatic rings. The van der Waals surface area contributed by atoms with Gasteiger partial charge in [0.25, 0.3) is 0 Å². The number of rotatable bonds is 0. The van der Waals surface area contributed by atoms with E-state index in [-0.39, 0.29) is 5.60 Å². The third-order valence-corrected chi connectivity index (χ3v) is 4.13. The van der Waals surface area contributed by atoms with Crippen LogP contribution in [-0.2, 0) is 4.74 Å². The van der Waals surface area contributed by atoms with Crippen molar-refractivity contribution in [1.82, 2.24) is 0 Å². The zero-order chi connectivity index (χ0) is 9.69. The van der Waals surface area contributed by atoms with Gasteiger partial charge in [0.15, 0.2) is 0 Å². The summed E-state index contributed by atoms with van der Waals surface area (Å²) < 4.78 is 5.74. The highest BCUT2D eigenvalue weighted by Gasteiger charge is 2.58. The molecule has 2 nitrogen and oxygen atoms in total. The molecule has 2 heteroatoms. The molecule has 76 valence electrons. The molecule has 1 N–H and O–H groups in total. The van der Waals surface area contributed by atoms with Crippen molar-refractivity contribution >= 4 is 0 Å². The van der Waals surface area contributed by atoms with E-state index in [1.807, 2.05) is 0 Å². The molecule has 2 fully saturated rings. The monoisotopic (exact) mass is 184 g/mol. The Labute approximate surface area is 80.3 Å². The van der Waals surface area contributed by atoms with Crippen LogP contribution in [0.3, 0.4) is 0 Å². The van der Waals surface area contributed by atoms with Gasteiger partial charge in [-0.05, 0) is 31.6 Å². The van der Waals surface area contributed by atoms with Crippen LogP contribution in [0, 0.1) is 11.8 Å². The van der Waals surface area contributed by atoms with Gasteiger partial charge in [-0.25, -0.2) is 0 Å². The van der Waals surface area contributed by atoms with Gasteiger partial charge in [0.05, 0.1) is 17.8 Å². The molecule has 0 aromatic rings. The van der Waals surface area contributed by atoms with Gasteiger partial charge in [0.2, 0.25) is 0 Å². The maximum atomic E-state index is 10.5. The van der Waals surface area contributed by atoms with Crippen LogP contribution in [0.1, 0.15) is 40.0 Å². The van der Waals surface area contributed by atoms with Gasteiger partial charge in [0.1, 0.15) is 0 Å². The Hall–Kier alpha value is -0.0800. The molecule has 0 radical (unpaired) electrons. The van der Waals surface area contributed by atoms with Crippen molar-refractivity contribution in [3.63, 3.8) is 0 Å². The first-order chi connectivity index (χ1) is 5.98. The highest BCUT2D eigenvalue weighted by atomic mass is 16.5. The lowest BCUT2D eigenvalue weighted by Gasteiger charge is -2.48. The van der Waals surface area contributed by atoms with E-state index in [4.69, 9.17) is 4.74 Å². The lowest BCUT2D eigenvalue weighted by molar-refractivity contribution is -0.169. The van der Waals surface area contributed by atoms with Crippen molar-refractivity contribution in [3.05, 3.63) is 0 Å². The average molecular weight is 184 g/mol. The molecule has 0 aromatic heterocycles. The summed E-state index contributed by atoms with van der Waals surface area (Å²) in [4.78, 5) is 0. The van der Waals surface area contributed by atoms with E-state index in [9.17, 15) is 5.11 Å². The van der Waals surface area contributed by atoms with E-state index in [0.29, 0.717) is 11.8 Å². The molecule has 2 rings (SSSR count). The number of fused-ring (bicyclic) bond motifs is 1. The minimum atomic E-state index is -0.556. The molecule has 1 saturated carbocycles. The van der Waals surface area contributed by atoms with Gasteiger partial charge in [-0.3, -0.25) is 0 Å². The number of aliphatic hydroxyl groups is 1. The van der Waals surface area contributed by atoms with Crippen LogP contribution in [0.25, 0.3) is 0 Å². The largest absolute Gasteiger partial charge is 0.387 e. The Morgan fingerprint density at radius 1 is 1.38 bits per heavy atom. The third-order valence-electron chi connectivity index (χ3n) is 4.13. The fourth-order valence-electron chi connectivity index (χ4n) is 3.37. The molecule has 0 amide bonds. The van der Waals surface area contributed by atoms with Crippen LogP contribution < -0.4 is 0 Å². The second-order valence-electron chi connectivity index (χ2n) is 5.20. The van der Waals surface area contributed by atoms with Crippen molar-refractivity contribution in [1.29, 1.82) is 0 Å². The molecule has 0 spiro atoms. The molecular formula is C11H20O2. The Morgan fingerprint density at radius 3 is 2.77 bits per heavy atom. The lowest BCUT2D eigenvalue weighted by Crippen LogP contribution is -2.57. The van der Waals surface area contributed by atoms with Crippen molar-refractivity contribution in [3.8, 4) is 0 Å². The van der Waals surface area contributed by atoms with Crippen molar-refractivity contribution in [2.24, 2.45) is 11.8 Å². The third kappa shape index (κ3) is 1.15. The van der Waals surface area contributed by atoms with Gasteiger partial charge in [-0.1, -0.05) is 13.8 Å². The quantitative estimate of drug-likeness (QED) is 0.623. The Kier molecular flexibility index (Phi) is 1.97. The molecule has 0 aromatic carbocycles. The Balaban J connectivity index is 2.30. The summed E-state index contributed by atoms with van der Waals surface area (Å²) in [5, 5.41) is 10.5. The Bertz CT molecular complexity index is 216. The van der Waals surface area contributed by atoms with E-state index >= 15 is 0 Å². The first kappa shape index (κ1) is 9.47. The van der Waals surface area contributed by atoms with Crippen LogP contribution in [0.15, 0.2) is 0 Å². The molecule has 4 unspecified atom stereocenters. The molecule has 1 heterocycles. The minimum Gasteiger partial charge on any atom is -0.387 e. The van der Waals surface area contributed by atoms with E-state index in [2.05, 4.69) is 20.8 Å². The van der Waals surface area contributed by atoms with Crippen LogP contribution in [0.5, 0.6) is 0 Å². The SMILES string of the molecule is CC1CC(C)C2(O)CCOC2(C)C1. The predicted molar refractivity (Wildman–Crippen MR) is 51.5 cm³/mol. The van der Waals surface area contributed by atoms with E-state index in [0.717, 1.165) is 25.9 Å². The highest BCUT2D eigenvalue weighted by Crippen LogP contribution is 2.50. The van der Waals surface area contributed by atoms with Crippen LogP contribution in [0.2, 0.25) is 0 Å². The molecular weight excluding hydrogens is 164 g/mol. The normalized spacial score (nSPS) is 56.3. The van der Waals surface area contributed by atoms with Crippen LogP contribution in [-0.4, -0.2) is 22.9 Å². The van der Waals surface area contributed by atoms with E-state index in [1.54, 1.807) is 0 Å². The van der Waals surface area contributed by atoms with Crippen molar-refractivity contribution in [2.45, 2.75) is 51.2 Å².